The number of hydrogen-bond acceptors (Lipinski definition) is 3. The van der Waals surface area contributed by atoms with E-state index in [0.29, 0.717) is 13.1 Å². The summed E-state index contributed by atoms with van der Waals surface area (Å²) in [4.78, 5) is 29.3. The minimum absolute atomic E-state index is 0.0286. The number of amides is 2. The number of hydrogen-bond donors (Lipinski definition) is 2. The molecule has 2 amide bonds. The van der Waals surface area contributed by atoms with Crippen LogP contribution in [-0.4, -0.2) is 39.6 Å². The molecule has 21 heavy (non-hydrogen) atoms. The fraction of sp³-hybridized carbons (Fsp3) is 0.533. The zero-order chi connectivity index (χ0) is 15.4. The number of pyridine rings is 1. The van der Waals surface area contributed by atoms with Crippen LogP contribution < -0.4 is 5.32 Å². The van der Waals surface area contributed by atoms with E-state index < -0.39 is 12.0 Å². The Morgan fingerprint density at radius 3 is 2.90 bits per heavy atom. The third kappa shape index (κ3) is 3.71. The molecule has 0 radical (unpaired) electrons. The highest BCUT2D eigenvalue weighted by atomic mass is 16.4. The Hall–Kier alpha value is -2.11. The maximum Gasteiger partial charge on any atom is 0.326 e. The van der Waals surface area contributed by atoms with Crippen molar-refractivity contribution in [3.05, 3.63) is 29.6 Å². The topological polar surface area (TPSA) is 82.5 Å². The van der Waals surface area contributed by atoms with E-state index in [9.17, 15) is 14.7 Å². The second kappa shape index (κ2) is 6.56. The average molecular weight is 291 g/mol. The van der Waals surface area contributed by atoms with E-state index in [1.165, 1.54) is 4.90 Å². The Labute approximate surface area is 124 Å². The smallest absolute Gasteiger partial charge is 0.326 e. The van der Waals surface area contributed by atoms with Gasteiger partial charge >= 0.3 is 12.0 Å². The van der Waals surface area contributed by atoms with Gasteiger partial charge in [0.25, 0.3) is 0 Å². The number of urea groups is 1. The fourth-order valence-electron chi connectivity index (χ4n) is 2.76. The summed E-state index contributed by atoms with van der Waals surface area (Å²) < 4.78 is 0. The van der Waals surface area contributed by atoms with Gasteiger partial charge in [-0.2, -0.15) is 0 Å². The van der Waals surface area contributed by atoms with Crippen LogP contribution in [0.3, 0.4) is 0 Å². The average Bonchev–Trinajstić information content (AvgIpc) is 2.44. The predicted octanol–water partition coefficient (Wildman–Crippen LogP) is 1.78. The van der Waals surface area contributed by atoms with E-state index in [4.69, 9.17) is 0 Å². The van der Waals surface area contributed by atoms with Crippen molar-refractivity contribution in [3.63, 3.8) is 0 Å². The predicted molar refractivity (Wildman–Crippen MR) is 77.7 cm³/mol. The molecule has 6 nitrogen and oxygen atoms in total. The van der Waals surface area contributed by atoms with Crippen molar-refractivity contribution in [3.8, 4) is 0 Å². The normalized spacial score (nSPS) is 21.9. The molecule has 1 aromatic heterocycles. The molecule has 2 N–H and O–H groups in total. The molecule has 1 fully saturated rings. The number of nitrogens with one attached hydrogen (secondary N) is 1. The number of carboxylic acids is 1. The Balaban J connectivity index is 2.00. The number of carbonyl (C=O) groups is 2. The number of piperidine rings is 1. The van der Waals surface area contributed by atoms with Crippen molar-refractivity contribution in [1.82, 2.24) is 15.2 Å². The number of aromatic nitrogens is 1. The summed E-state index contributed by atoms with van der Waals surface area (Å²) >= 11 is 0. The van der Waals surface area contributed by atoms with Crippen molar-refractivity contribution < 1.29 is 14.7 Å². The zero-order valence-corrected chi connectivity index (χ0v) is 12.4. The molecule has 1 aliphatic heterocycles. The van der Waals surface area contributed by atoms with Crippen LogP contribution in [0.25, 0.3) is 0 Å². The third-order valence-electron chi connectivity index (χ3n) is 3.81. The van der Waals surface area contributed by atoms with Gasteiger partial charge in [-0.1, -0.05) is 13.0 Å². The Kier molecular flexibility index (Phi) is 4.77. The number of likely N-dealkylation sites (tertiary alicyclic amines) is 1. The summed E-state index contributed by atoms with van der Waals surface area (Å²) in [6.07, 6.45) is 1.67. The fourth-order valence-corrected chi connectivity index (χ4v) is 2.76. The van der Waals surface area contributed by atoms with E-state index >= 15 is 0 Å². The van der Waals surface area contributed by atoms with Crippen molar-refractivity contribution in [2.24, 2.45) is 5.92 Å². The molecule has 0 aliphatic carbocycles. The molecule has 6 heteroatoms. The molecule has 1 saturated heterocycles. The standard InChI is InChI=1S/C15H21N3O3/c1-10-5-4-8-18(13(10)14(19)20)15(21)16-9-12-7-3-6-11(2)17-12/h3,6-7,10,13H,4-5,8-9H2,1-2H3,(H,16,21)(H,19,20). The summed E-state index contributed by atoms with van der Waals surface area (Å²) in [7, 11) is 0. The van der Waals surface area contributed by atoms with E-state index in [1.54, 1.807) is 0 Å². The second-order valence-corrected chi connectivity index (χ2v) is 5.52. The van der Waals surface area contributed by atoms with Crippen LogP contribution in [0.15, 0.2) is 18.2 Å². The molecule has 0 bridgehead atoms. The van der Waals surface area contributed by atoms with Gasteiger partial charge in [-0.3, -0.25) is 4.98 Å². The van der Waals surface area contributed by atoms with E-state index in [2.05, 4.69) is 10.3 Å². The van der Waals surface area contributed by atoms with Crippen LogP contribution >= 0.6 is 0 Å². The number of aliphatic carboxylic acids is 1. The van der Waals surface area contributed by atoms with Gasteiger partial charge in [0.1, 0.15) is 6.04 Å². The van der Waals surface area contributed by atoms with Crippen molar-refractivity contribution in [2.45, 2.75) is 39.3 Å². The van der Waals surface area contributed by atoms with Crippen molar-refractivity contribution >= 4 is 12.0 Å². The molecular weight excluding hydrogens is 270 g/mol. The largest absolute Gasteiger partial charge is 0.480 e. The highest BCUT2D eigenvalue weighted by Gasteiger charge is 2.36. The number of nitrogens with zero attached hydrogens (tertiary/aromatic N) is 2. The lowest BCUT2D eigenvalue weighted by atomic mass is 9.91. The van der Waals surface area contributed by atoms with Gasteiger partial charge < -0.3 is 15.3 Å². The lowest BCUT2D eigenvalue weighted by molar-refractivity contribution is -0.145. The number of carbonyl (C=O) groups excluding carboxylic acids is 1. The molecule has 2 atom stereocenters. The van der Waals surface area contributed by atoms with Crippen LogP contribution in [-0.2, 0) is 11.3 Å². The molecule has 1 aromatic rings. The lowest BCUT2D eigenvalue weighted by Gasteiger charge is -2.37. The Morgan fingerprint density at radius 1 is 1.48 bits per heavy atom. The van der Waals surface area contributed by atoms with Crippen LogP contribution in [0.4, 0.5) is 4.79 Å². The first-order valence-corrected chi connectivity index (χ1v) is 7.19. The van der Waals surface area contributed by atoms with Crippen LogP contribution in [0.2, 0.25) is 0 Å². The summed E-state index contributed by atoms with van der Waals surface area (Å²) in [5.41, 5.74) is 1.65. The van der Waals surface area contributed by atoms with Crippen LogP contribution in [0.5, 0.6) is 0 Å². The van der Waals surface area contributed by atoms with E-state index in [0.717, 1.165) is 24.2 Å². The molecule has 0 spiro atoms. The molecule has 2 unspecified atom stereocenters. The summed E-state index contributed by atoms with van der Waals surface area (Å²) in [6.45, 7) is 4.55. The molecule has 0 aromatic carbocycles. The minimum Gasteiger partial charge on any atom is -0.480 e. The van der Waals surface area contributed by atoms with Gasteiger partial charge in [-0.25, -0.2) is 9.59 Å². The summed E-state index contributed by atoms with van der Waals surface area (Å²) in [5, 5.41) is 12.1. The van der Waals surface area contributed by atoms with E-state index in [1.807, 2.05) is 32.0 Å². The molecule has 114 valence electrons. The Bertz CT molecular complexity index is 533. The number of carboxylic acid groups (broad SMARTS) is 1. The number of rotatable bonds is 3. The highest BCUT2D eigenvalue weighted by Crippen LogP contribution is 2.23. The zero-order valence-electron chi connectivity index (χ0n) is 12.4. The quantitative estimate of drug-likeness (QED) is 0.889. The molecule has 1 aliphatic rings. The maximum atomic E-state index is 12.2. The number of aryl methyl sites for hydroxylation is 1. The lowest BCUT2D eigenvalue weighted by Crippen LogP contribution is -2.54. The molecule has 0 saturated carbocycles. The summed E-state index contributed by atoms with van der Waals surface area (Å²) in [5.74, 6) is -0.967. The molecule has 2 rings (SSSR count). The molecule has 2 heterocycles. The van der Waals surface area contributed by atoms with Gasteiger partial charge in [0.15, 0.2) is 0 Å². The van der Waals surface area contributed by atoms with Crippen LogP contribution in [0.1, 0.15) is 31.2 Å². The van der Waals surface area contributed by atoms with Crippen molar-refractivity contribution in [1.29, 1.82) is 0 Å². The first-order chi connectivity index (χ1) is 9.99. The van der Waals surface area contributed by atoms with Gasteiger partial charge in [0, 0.05) is 12.2 Å². The second-order valence-electron chi connectivity index (χ2n) is 5.52. The van der Waals surface area contributed by atoms with Gasteiger partial charge in [-0.15, -0.1) is 0 Å². The monoisotopic (exact) mass is 291 g/mol. The molecular formula is C15H21N3O3. The third-order valence-corrected chi connectivity index (χ3v) is 3.81. The van der Waals surface area contributed by atoms with Gasteiger partial charge in [0.05, 0.1) is 12.2 Å². The van der Waals surface area contributed by atoms with Gasteiger partial charge in [-0.05, 0) is 37.8 Å². The van der Waals surface area contributed by atoms with Crippen molar-refractivity contribution in [2.75, 3.05) is 6.54 Å². The first-order valence-electron chi connectivity index (χ1n) is 7.19. The van der Waals surface area contributed by atoms with E-state index in [-0.39, 0.29) is 11.9 Å². The summed E-state index contributed by atoms with van der Waals surface area (Å²) in [6, 6.07) is 4.52. The SMILES string of the molecule is Cc1cccc(CNC(=O)N2CCCC(C)C2C(=O)O)n1. The Morgan fingerprint density at radius 2 is 2.24 bits per heavy atom. The van der Waals surface area contributed by atoms with Gasteiger partial charge in [0.2, 0.25) is 0 Å². The maximum absolute atomic E-state index is 12.2. The van der Waals surface area contributed by atoms with Crippen LogP contribution in [0, 0.1) is 12.8 Å². The minimum atomic E-state index is -0.939. The highest BCUT2D eigenvalue weighted by molar-refractivity contribution is 5.83. The first kappa shape index (κ1) is 15.3.